The number of hydrogen-bond acceptors (Lipinski definition) is 5. The average molecular weight is 296 g/mol. The quantitative estimate of drug-likeness (QED) is 0.610. The second-order valence-electron chi connectivity index (χ2n) is 5.02. The molecule has 1 aromatic heterocycles. The molecule has 0 aliphatic rings. The van der Waals surface area contributed by atoms with Gasteiger partial charge in [0, 0.05) is 24.4 Å². The van der Waals surface area contributed by atoms with Gasteiger partial charge < -0.3 is 0 Å². The van der Waals surface area contributed by atoms with E-state index in [0.29, 0.717) is 12.8 Å². The Hall–Kier alpha value is -1.44. The summed E-state index contributed by atoms with van der Waals surface area (Å²) >= 11 is 0. The van der Waals surface area contributed by atoms with Crippen molar-refractivity contribution >= 4 is 20.7 Å². The number of hydrazine groups is 1. The molecule has 1 unspecified atom stereocenters. The number of sulfone groups is 1. The van der Waals surface area contributed by atoms with E-state index in [2.05, 4.69) is 10.5 Å². The fourth-order valence-electron chi connectivity index (χ4n) is 2.35. The second-order valence-corrected chi connectivity index (χ2v) is 7.28. The van der Waals surface area contributed by atoms with E-state index >= 15 is 0 Å². The molecule has 2 rings (SSSR count). The van der Waals surface area contributed by atoms with Crippen molar-refractivity contribution in [1.82, 2.24) is 15.2 Å². The smallest absolute Gasteiger partial charge is 0.147 e. The zero-order valence-electron chi connectivity index (χ0n) is 11.7. The number of rotatable bonds is 6. The van der Waals surface area contributed by atoms with Crippen LogP contribution in [0.5, 0.6) is 0 Å². The largest absolute Gasteiger partial charge is 0.271 e. The summed E-state index contributed by atoms with van der Waals surface area (Å²) in [6.45, 7) is 0. The van der Waals surface area contributed by atoms with Crippen molar-refractivity contribution in [2.75, 3.05) is 12.0 Å². The summed E-state index contributed by atoms with van der Waals surface area (Å²) < 4.78 is 24.2. The third kappa shape index (κ3) is 3.36. The molecular formula is C13H20N4O2S. The lowest BCUT2D eigenvalue weighted by Crippen LogP contribution is -2.29. The summed E-state index contributed by atoms with van der Waals surface area (Å²) in [5.41, 5.74) is 4.63. The third-order valence-corrected chi connectivity index (χ3v) is 4.36. The highest BCUT2D eigenvalue weighted by molar-refractivity contribution is 7.90. The monoisotopic (exact) mass is 296 g/mol. The van der Waals surface area contributed by atoms with Crippen LogP contribution in [0.25, 0.3) is 10.9 Å². The van der Waals surface area contributed by atoms with Gasteiger partial charge in [-0.25, -0.2) is 8.42 Å². The van der Waals surface area contributed by atoms with Gasteiger partial charge in [-0.05, 0) is 18.9 Å². The number of para-hydroxylation sites is 1. The Morgan fingerprint density at radius 3 is 2.75 bits per heavy atom. The second kappa shape index (κ2) is 5.90. The van der Waals surface area contributed by atoms with Crippen molar-refractivity contribution in [3.63, 3.8) is 0 Å². The van der Waals surface area contributed by atoms with Gasteiger partial charge in [0.1, 0.15) is 9.84 Å². The molecule has 6 nitrogen and oxygen atoms in total. The summed E-state index contributed by atoms with van der Waals surface area (Å²) in [7, 11) is -1.06. The number of hydrogen-bond donors (Lipinski definition) is 2. The number of aromatic nitrogens is 2. The Labute approximate surface area is 118 Å². The minimum absolute atomic E-state index is 0.150. The van der Waals surface area contributed by atoms with Crippen LogP contribution in [0.2, 0.25) is 0 Å². The van der Waals surface area contributed by atoms with Crippen LogP contribution in [0.3, 0.4) is 0 Å². The van der Waals surface area contributed by atoms with E-state index in [1.54, 1.807) is 0 Å². The zero-order valence-corrected chi connectivity index (χ0v) is 12.5. The van der Waals surface area contributed by atoms with Gasteiger partial charge >= 0.3 is 0 Å². The molecule has 3 N–H and O–H groups in total. The lowest BCUT2D eigenvalue weighted by atomic mass is 10.1. The Morgan fingerprint density at radius 1 is 1.40 bits per heavy atom. The lowest BCUT2D eigenvalue weighted by Gasteiger charge is -2.13. The summed E-state index contributed by atoms with van der Waals surface area (Å²) in [5.74, 6) is 5.77. The number of nitrogens with one attached hydrogen (secondary N) is 1. The van der Waals surface area contributed by atoms with E-state index in [1.807, 2.05) is 36.0 Å². The normalized spacial score (nSPS) is 13.8. The minimum atomic E-state index is -2.94. The van der Waals surface area contributed by atoms with E-state index < -0.39 is 9.84 Å². The maximum absolute atomic E-state index is 11.2. The number of benzene rings is 1. The standard InChI is InChI=1S/C13H20N4O2S/c1-17-12-8-4-3-6-10(12)13(16-17)11(15-14)7-5-9-20(2,18)19/h3-4,6,8,11,15H,5,7,9,14H2,1-2H3. The van der Waals surface area contributed by atoms with Gasteiger partial charge in [0.25, 0.3) is 0 Å². The molecule has 2 aromatic rings. The first kappa shape index (κ1) is 15.0. The van der Waals surface area contributed by atoms with Crippen molar-refractivity contribution in [1.29, 1.82) is 0 Å². The van der Waals surface area contributed by atoms with Gasteiger partial charge in [-0.15, -0.1) is 0 Å². The van der Waals surface area contributed by atoms with Crippen LogP contribution in [0, 0.1) is 0 Å². The molecule has 0 amide bonds. The first-order valence-corrected chi connectivity index (χ1v) is 8.54. The molecule has 1 aromatic carbocycles. The average Bonchev–Trinajstić information content (AvgIpc) is 2.72. The highest BCUT2D eigenvalue weighted by Gasteiger charge is 2.18. The molecule has 20 heavy (non-hydrogen) atoms. The molecule has 0 radical (unpaired) electrons. The van der Waals surface area contributed by atoms with Crippen molar-refractivity contribution < 1.29 is 8.42 Å². The van der Waals surface area contributed by atoms with Crippen molar-refractivity contribution in [3.05, 3.63) is 30.0 Å². The molecule has 1 atom stereocenters. The molecule has 1 heterocycles. The fraction of sp³-hybridized carbons (Fsp3) is 0.462. The highest BCUT2D eigenvalue weighted by atomic mass is 32.2. The topological polar surface area (TPSA) is 90.0 Å². The predicted octanol–water partition coefficient (Wildman–Crippen LogP) is 0.903. The molecule has 0 saturated carbocycles. The molecule has 7 heteroatoms. The molecule has 0 aliphatic carbocycles. The van der Waals surface area contributed by atoms with E-state index in [9.17, 15) is 8.42 Å². The van der Waals surface area contributed by atoms with Crippen LogP contribution in [-0.4, -0.2) is 30.2 Å². The molecule has 0 bridgehead atoms. The minimum Gasteiger partial charge on any atom is -0.271 e. The van der Waals surface area contributed by atoms with E-state index in [1.165, 1.54) is 6.26 Å². The van der Waals surface area contributed by atoms with Gasteiger partial charge in [-0.2, -0.15) is 5.10 Å². The summed E-state index contributed by atoms with van der Waals surface area (Å²) in [6, 6.07) is 7.76. The van der Waals surface area contributed by atoms with Crippen molar-refractivity contribution in [3.8, 4) is 0 Å². The van der Waals surface area contributed by atoms with Crippen molar-refractivity contribution in [2.24, 2.45) is 12.9 Å². The fourth-order valence-corrected chi connectivity index (χ4v) is 3.04. The van der Waals surface area contributed by atoms with Gasteiger partial charge in [0.15, 0.2) is 0 Å². The van der Waals surface area contributed by atoms with Gasteiger partial charge in [0.05, 0.1) is 17.3 Å². The van der Waals surface area contributed by atoms with Crippen LogP contribution in [-0.2, 0) is 16.9 Å². The molecular weight excluding hydrogens is 276 g/mol. The van der Waals surface area contributed by atoms with E-state index in [-0.39, 0.29) is 11.8 Å². The van der Waals surface area contributed by atoms with E-state index in [4.69, 9.17) is 5.84 Å². The van der Waals surface area contributed by atoms with Gasteiger partial charge in [-0.1, -0.05) is 18.2 Å². The van der Waals surface area contributed by atoms with Crippen LogP contribution >= 0.6 is 0 Å². The Bertz CT molecular complexity index is 693. The van der Waals surface area contributed by atoms with Gasteiger partial charge in [0.2, 0.25) is 0 Å². The summed E-state index contributed by atoms with van der Waals surface area (Å²) in [6.07, 6.45) is 2.43. The number of nitrogens with zero attached hydrogens (tertiary/aromatic N) is 2. The predicted molar refractivity (Wildman–Crippen MR) is 79.7 cm³/mol. The highest BCUT2D eigenvalue weighted by Crippen LogP contribution is 2.25. The van der Waals surface area contributed by atoms with Crippen LogP contribution < -0.4 is 11.3 Å². The Kier molecular flexibility index (Phi) is 4.42. The zero-order chi connectivity index (χ0) is 14.8. The number of fused-ring (bicyclic) bond motifs is 1. The maximum atomic E-state index is 11.2. The summed E-state index contributed by atoms with van der Waals surface area (Å²) in [4.78, 5) is 0. The van der Waals surface area contributed by atoms with Crippen LogP contribution in [0.4, 0.5) is 0 Å². The number of aryl methyl sites for hydroxylation is 1. The van der Waals surface area contributed by atoms with Gasteiger partial charge in [-0.3, -0.25) is 16.0 Å². The molecule has 0 saturated heterocycles. The third-order valence-electron chi connectivity index (χ3n) is 3.33. The SMILES string of the molecule is Cn1nc(C(CCCS(C)(=O)=O)NN)c2ccccc21. The maximum Gasteiger partial charge on any atom is 0.147 e. The van der Waals surface area contributed by atoms with Crippen LogP contribution in [0.15, 0.2) is 24.3 Å². The lowest BCUT2D eigenvalue weighted by molar-refractivity contribution is 0.493. The van der Waals surface area contributed by atoms with E-state index in [0.717, 1.165) is 16.6 Å². The first-order valence-electron chi connectivity index (χ1n) is 6.48. The molecule has 0 aliphatic heterocycles. The number of nitrogens with two attached hydrogens (primary N) is 1. The Morgan fingerprint density at radius 2 is 2.10 bits per heavy atom. The summed E-state index contributed by atoms with van der Waals surface area (Å²) in [5, 5.41) is 5.54. The molecule has 0 spiro atoms. The first-order chi connectivity index (χ1) is 9.42. The van der Waals surface area contributed by atoms with Crippen molar-refractivity contribution in [2.45, 2.75) is 18.9 Å². The van der Waals surface area contributed by atoms with Crippen LogP contribution in [0.1, 0.15) is 24.6 Å². The molecule has 110 valence electrons. The Balaban J connectivity index is 2.22. The molecule has 0 fully saturated rings.